The van der Waals surface area contributed by atoms with Crippen LogP contribution in [0.4, 0.5) is 0 Å². The van der Waals surface area contributed by atoms with Crippen LogP contribution in [0.3, 0.4) is 0 Å². The monoisotopic (exact) mass is 277 g/mol. The summed E-state index contributed by atoms with van der Waals surface area (Å²) in [5.41, 5.74) is -0.161. The Balaban J connectivity index is 2.37. The van der Waals surface area contributed by atoms with Crippen LogP contribution in [0.25, 0.3) is 10.6 Å². The normalized spacial score (nSPS) is 11.3. The molecule has 2 rings (SSSR count). The van der Waals surface area contributed by atoms with E-state index in [0.29, 0.717) is 5.69 Å². The predicted molar refractivity (Wildman–Crippen MR) is 75.4 cm³/mol. The maximum absolute atomic E-state index is 12.0. The maximum atomic E-state index is 12.0. The molecule has 0 saturated carbocycles. The average Bonchev–Trinajstić information content (AvgIpc) is 2.79. The molecule has 2 N–H and O–H groups in total. The zero-order valence-electron chi connectivity index (χ0n) is 11.0. The fourth-order valence-corrected chi connectivity index (χ4v) is 2.24. The van der Waals surface area contributed by atoms with Crippen molar-refractivity contribution in [1.82, 2.24) is 15.3 Å². The first-order valence-corrected chi connectivity index (χ1v) is 6.71. The van der Waals surface area contributed by atoms with E-state index < -0.39 is 5.69 Å². The molecule has 0 bridgehead atoms. The third-order valence-electron chi connectivity index (χ3n) is 2.25. The third kappa shape index (κ3) is 3.51. The molecular weight excluding hydrogens is 262 g/mol. The highest BCUT2D eigenvalue weighted by molar-refractivity contribution is 7.13. The maximum Gasteiger partial charge on any atom is 0.346 e. The van der Waals surface area contributed by atoms with Crippen LogP contribution in [0.5, 0.6) is 0 Å². The Kier molecular flexibility index (Phi) is 3.53. The first kappa shape index (κ1) is 13.5. The van der Waals surface area contributed by atoms with Crippen molar-refractivity contribution in [2.75, 3.05) is 0 Å². The van der Waals surface area contributed by atoms with Crippen LogP contribution in [-0.4, -0.2) is 21.4 Å². The summed E-state index contributed by atoms with van der Waals surface area (Å²) in [6.45, 7) is 5.62. The van der Waals surface area contributed by atoms with Gasteiger partial charge in [0.15, 0.2) is 0 Å². The Hall–Kier alpha value is -1.95. The Morgan fingerprint density at radius 1 is 1.42 bits per heavy atom. The van der Waals surface area contributed by atoms with Gasteiger partial charge in [-0.2, -0.15) is 4.98 Å². The molecule has 0 unspecified atom stereocenters. The summed E-state index contributed by atoms with van der Waals surface area (Å²) in [6.07, 6.45) is 0. The molecule has 19 heavy (non-hydrogen) atoms. The Bertz CT molecular complexity index is 639. The van der Waals surface area contributed by atoms with Gasteiger partial charge in [0.25, 0.3) is 5.91 Å². The van der Waals surface area contributed by atoms with Gasteiger partial charge in [0.05, 0.1) is 10.6 Å². The molecule has 2 heterocycles. The fraction of sp³-hybridized carbons (Fsp3) is 0.308. The predicted octanol–water partition coefficient (Wildman–Crippen LogP) is 2.03. The third-order valence-corrected chi connectivity index (χ3v) is 3.16. The summed E-state index contributed by atoms with van der Waals surface area (Å²) in [5.74, 6) is -0.351. The average molecular weight is 277 g/mol. The van der Waals surface area contributed by atoms with Gasteiger partial charge in [-0.15, -0.1) is 11.3 Å². The molecule has 0 atom stereocenters. The van der Waals surface area contributed by atoms with E-state index >= 15 is 0 Å². The van der Waals surface area contributed by atoms with Gasteiger partial charge < -0.3 is 10.3 Å². The molecule has 6 heteroatoms. The van der Waals surface area contributed by atoms with Crippen LogP contribution in [0.1, 0.15) is 31.3 Å². The molecule has 0 saturated heterocycles. The number of nitrogens with zero attached hydrogens (tertiary/aromatic N) is 1. The van der Waals surface area contributed by atoms with Crippen molar-refractivity contribution in [3.8, 4) is 10.6 Å². The number of amides is 1. The number of thiophene rings is 1. The zero-order valence-corrected chi connectivity index (χ0v) is 11.8. The van der Waals surface area contributed by atoms with E-state index in [4.69, 9.17) is 0 Å². The molecule has 2 aromatic heterocycles. The van der Waals surface area contributed by atoms with Gasteiger partial charge in [0, 0.05) is 5.54 Å². The van der Waals surface area contributed by atoms with Gasteiger partial charge >= 0.3 is 5.69 Å². The number of aromatic amines is 1. The summed E-state index contributed by atoms with van der Waals surface area (Å²) in [4.78, 5) is 30.8. The molecule has 0 spiro atoms. The minimum atomic E-state index is -0.523. The number of carbonyl (C=O) groups is 1. The van der Waals surface area contributed by atoms with Crippen molar-refractivity contribution in [1.29, 1.82) is 0 Å². The summed E-state index contributed by atoms with van der Waals surface area (Å²) < 4.78 is 0. The van der Waals surface area contributed by atoms with E-state index in [1.807, 2.05) is 38.3 Å². The van der Waals surface area contributed by atoms with Gasteiger partial charge in [-0.05, 0) is 38.3 Å². The highest BCUT2D eigenvalue weighted by Gasteiger charge is 2.17. The first-order chi connectivity index (χ1) is 8.85. The highest BCUT2D eigenvalue weighted by Crippen LogP contribution is 2.21. The summed E-state index contributed by atoms with van der Waals surface area (Å²) in [7, 11) is 0. The molecule has 100 valence electrons. The fourth-order valence-electron chi connectivity index (χ4n) is 1.54. The van der Waals surface area contributed by atoms with Crippen molar-refractivity contribution in [2.45, 2.75) is 26.3 Å². The van der Waals surface area contributed by atoms with Gasteiger partial charge in [-0.25, -0.2) is 4.79 Å². The van der Waals surface area contributed by atoms with E-state index in [1.54, 1.807) is 6.07 Å². The standard InChI is InChI=1S/C13H15N3O2S/c1-13(2,3)16-11(17)9-7-8(14-12(18)15-9)10-5-4-6-19-10/h4-7H,1-3H3,(H,16,17)(H,14,15,18). The number of aromatic nitrogens is 2. The topological polar surface area (TPSA) is 74.8 Å². The number of nitrogens with one attached hydrogen (secondary N) is 2. The number of rotatable bonds is 2. The number of hydrogen-bond donors (Lipinski definition) is 2. The lowest BCUT2D eigenvalue weighted by Gasteiger charge is -2.20. The van der Waals surface area contributed by atoms with Crippen molar-refractivity contribution >= 4 is 17.2 Å². The Morgan fingerprint density at radius 3 is 2.74 bits per heavy atom. The molecule has 5 nitrogen and oxygen atoms in total. The molecule has 0 aliphatic heterocycles. The lowest BCUT2D eigenvalue weighted by Crippen LogP contribution is -2.41. The van der Waals surface area contributed by atoms with E-state index in [0.717, 1.165) is 4.88 Å². The zero-order chi connectivity index (χ0) is 14.0. The van der Waals surface area contributed by atoms with E-state index in [-0.39, 0.29) is 17.1 Å². The first-order valence-electron chi connectivity index (χ1n) is 5.83. The van der Waals surface area contributed by atoms with Crippen LogP contribution >= 0.6 is 11.3 Å². The quantitative estimate of drug-likeness (QED) is 0.882. The number of hydrogen-bond acceptors (Lipinski definition) is 4. The minimum absolute atomic E-state index is 0.127. The second-order valence-corrected chi connectivity index (χ2v) is 6.11. The van der Waals surface area contributed by atoms with Crippen LogP contribution in [-0.2, 0) is 0 Å². The highest BCUT2D eigenvalue weighted by atomic mass is 32.1. The summed E-state index contributed by atoms with van der Waals surface area (Å²) in [5, 5.41) is 4.69. The lowest BCUT2D eigenvalue weighted by molar-refractivity contribution is 0.0914. The van der Waals surface area contributed by atoms with Crippen LogP contribution in [0, 0.1) is 0 Å². The smallest absolute Gasteiger partial charge is 0.346 e. The lowest BCUT2D eigenvalue weighted by atomic mass is 10.1. The van der Waals surface area contributed by atoms with Gasteiger partial charge in [0.1, 0.15) is 5.69 Å². The molecule has 0 radical (unpaired) electrons. The van der Waals surface area contributed by atoms with Crippen LogP contribution in [0.2, 0.25) is 0 Å². The number of carbonyl (C=O) groups excluding carboxylic acids is 1. The summed E-state index contributed by atoms with van der Waals surface area (Å²) in [6, 6.07) is 5.35. The molecule has 0 aliphatic carbocycles. The second-order valence-electron chi connectivity index (χ2n) is 5.17. The molecule has 0 fully saturated rings. The molecule has 0 aliphatic rings. The Labute approximate surface area is 114 Å². The summed E-state index contributed by atoms with van der Waals surface area (Å²) >= 11 is 1.49. The second kappa shape index (κ2) is 4.97. The van der Waals surface area contributed by atoms with E-state index in [1.165, 1.54) is 11.3 Å². The van der Waals surface area contributed by atoms with Crippen molar-refractivity contribution < 1.29 is 4.79 Å². The van der Waals surface area contributed by atoms with Gasteiger partial charge in [-0.3, -0.25) is 4.79 Å². The number of H-pyrrole nitrogens is 1. The van der Waals surface area contributed by atoms with Gasteiger partial charge in [0.2, 0.25) is 0 Å². The van der Waals surface area contributed by atoms with Gasteiger partial charge in [-0.1, -0.05) is 6.07 Å². The molecule has 2 aromatic rings. The molecule has 0 aromatic carbocycles. The van der Waals surface area contributed by atoms with Crippen LogP contribution in [0.15, 0.2) is 28.4 Å². The van der Waals surface area contributed by atoms with Crippen molar-refractivity contribution in [3.63, 3.8) is 0 Å². The minimum Gasteiger partial charge on any atom is -0.346 e. The SMILES string of the molecule is CC(C)(C)NC(=O)c1cc(-c2cccs2)[nH]c(=O)n1. The van der Waals surface area contributed by atoms with E-state index in [9.17, 15) is 9.59 Å². The molecule has 1 amide bonds. The van der Waals surface area contributed by atoms with Crippen molar-refractivity contribution in [3.05, 3.63) is 39.8 Å². The molecular formula is C13H15N3O2S. The van der Waals surface area contributed by atoms with E-state index in [2.05, 4.69) is 15.3 Å². The van der Waals surface area contributed by atoms with Crippen LogP contribution < -0.4 is 11.0 Å². The van der Waals surface area contributed by atoms with Crippen molar-refractivity contribution in [2.24, 2.45) is 0 Å². The largest absolute Gasteiger partial charge is 0.346 e. The Morgan fingerprint density at radius 2 is 2.16 bits per heavy atom.